The summed E-state index contributed by atoms with van der Waals surface area (Å²) in [5.41, 5.74) is 5.53. The number of nitrogens with zero attached hydrogens (tertiary/aromatic N) is 2. The van der Waals surface area contributed by atoms with Gasteiger partial charge in [-0.1, -0.05) is 19.1 Å². The molecule has 1 aliphatic heterocycles. The molecule has 3 unspecified atom stereocenters. The zero-order valence-electron chi connectivity index (χ0n) is 11.6. The number of thiocarbonyl (C=S) groups is 1. The normalized spacial score (nSPS) is 26.8. The molecule has 0 aromatic rings. The Kier molecular flexibility index (Phi) is 5.69. The zero-order valence-corrected chi connectivity index (χ0v) is 13.2. The predicted molar refractivity (Wildman–Crippen MR) is 79.5 cm³/mol. The van der Waals surface area contributed by atoms with Crippen molar-refractivity contribution in [1.82, 2.24) is 9.21 Å². The van der Waals surface area contributed by atoms with E-state index in [1.165, 1.54) is 4.31 Å². The molecule has 0 aromatic carbocycles. The fourth-order valence-electron chi connectivity index (χ4n) is 2.48. The van der Waals surface area contributed by atoms with E-state index in [0.29, 0.717) is 19.4 Å². The molecule has 0 bridgehead atoms. The van der Waals surface area contributed by atoms with E-state index >= 15 is 0 Å². The molecule has 6 nitrogen and oxygen atoms in total. The van der Waals surface area contributed by atoms with Crippen LogP contribution in [0.25, 0.3) is 0 Å². The molecule has 0 aromatic heterocycles. The quantitative estimate of drug-likeness (QED) is 0.636. The summed E-state index contributed by atoms with van der Waals surface area (Å²) in [5, 5.41) is 8.90. The molecule has 1 fully saturated rings. The van der Waals surface area contributed by atoms with Crippen LogP contribution in [0.5, 0.6) is 0 Å². The number of nitrogens with two attached hydrogens (primary N) is 1. The lowest BCUT2D eigenvalue weighted by Crippen LogP contribution is -2.48. The fourth-order valence-corrected chi connectivity index (χ4v) is 5.01. The number of β-amino-alcohol motifs (C(OH)–C–C–N with tert-alkyl or cyclic N) is 1. The number of aliphatic hydroxyl groups is 1. The largest absolute Gasteiger partial charge is 0.392 e. The Morgan fingerprint density at radius 3 is 2.58 bits per heavy atom. The van der Waals surface area contributed by atoms with Gasteiger partial charge in [-0.15, -0.1) is 0 Å². The maximum absolute atomic E-state index is 12.6. The minimum atomic E-state index is -3.60. The van der Waals surface area contributed by atoms with Gasteiger partial charge in [0.05, 0.1) is 11.1 Å². The van der Waals surface area contributed by atoms with Gasteiger partial charge in [-0.05, 0) is 26.9 Å². The molecule has 19 heavy (non-hydrogen) atoms. The van der Waals surface area contributed by atoms with Gasteiger partial charge in [0.2, 0.25) is 10.0 Å². The van der Waals surface area contributed by atoms with Crippen molar-refractivity contribution in [1.29, 1.82) is 0 Å². The van der Waals surface area contributed by atoms with Crippen LogP contribution < -0.4 is 5.73 Å². The van der Waals surface area contributed by atoms with Crippen molar-refractivity contribution in [2.75, 3.05) is 27.2 Å². The first-order chi connectivity index (χ1) is 8.70. The fraction of sp³-hybridized carbons (Fsp3) is 0.909. The van der Waals surface area contributed by atoms with E-state index in [4.69, 9.17) is 18.0 Å². The van der Waals surface area contributed by atoms with Crippen LogP contribution in [-0.2, 0) is 10.0 Å². The first-order valence-corrected chi connectivity index (χ1v) is 8.24. The summed E-state index contributed by atoms with van der Waals surface area (Å²) in [4.78, 5) is 1.90. The summed E-state index contributed by atoms with van der Waals surface area (Å²) >= 11 is 4.85. The van der Waals surface area contributed by atoms with Crippen molar-refractivity contribution in [3.05, 3.63) is 0 Å². The van der Waals surface area contributed by atoms with E-state index in [1.807, 2.05) is 19.0 Å². The highest BCUT2D eigenvalue weighted by Gasteiger charge is 2.42. The molecule has 3 atom stereocenters. The molecule has 0 spiro atoms. The number of rotatable bonds is 6. The topological polar surface area (TPSA) is 86.9 Å². The SMILES string of the molecule is CCC(C(N)=S)S(=O)(=O)N1CC(O)CC1CN(C)C. The van der Waals surface area contributed by atoms with E-state index in [9.17, 15) is 13.5 Å². The van der Waals surface area contributed by atoms with Gasteiger partial charge in [0.15, 0.2) is 0 Å². The second-order valence-corrected chi connectivity index (χ2v) is 7.76. The van der Waals surface area contributed by atoms with Gasteiger partial charge in [-0.3, -0.25) is 0 Å². The van der Waals surface area contributed by atoms with Crippen molar-refractivity contribution in [2.24, 2.45) is 5.73 Å². The molecule has 8 heteroatoms. The third-order valence-corrected chi connectivity index (χ3v) is 6.13. The van der Waals surface area contributed by atoms with Crippen LogP contribution in [0.2, 0.25) is 0 Å². The summed E-state index contributed by atoms with van der Waals surface area (Å²) in [6, 6.07) is -0.224. The van der Waals surface area contributed by atoms with Gasteiger partial charge in [-0.25, -0.2) is 8.42 Å². The van der Waals surface area contributed by atoms with Crippen molar-refractivity contribution in [3.8, 4) is 0 Å². The number of aliphatic hydroxyl groups excluding tert-OH is 1. The van der Waals surface area contributed by atoms with Gasteiger partial charge < -0.3 is 15.7 Å². The Hall–Kier alpha value is -0.280. The Balaban J connectivity index is 3.00. The van der Waals surface area contributed by atoms with Crippen LogP contribution >= 0.6 is 12.2 Å². The Bertz CT molecular complexity index is 425. The molecule has 3 N–H and O–H groups in total. The van der Waals surface area contributed by atoms with E-state index < -0.39 is 21.4 Å². The molecular weight excluding hydrogens is 286 g/mol. The second-order valence-electron chi connectivity index (χ2n) is 5.22. The minimum absolute atomic E-state index is 0.00695. The minimum Gasteiger partial charge on any atom is -0.392 e. The Morgan fingerprint density at radius 1 is 1.58 bits per heavy atom. The van der Waals surface area contributed by atoms with Crippen LogP contribution in [-0.4, -0.2) is 72.3 Å². The molecule has 0 saturated carbocycles. The average Bonchev–Trinajstić information content (AvgIpc) is 2.58. The number of hydrogen-bond donors (Lipinski definition) is 2. The highest BCUT2D eigenvalue weighted by atomic mass is 32.2. The van der Waals surface area contributed by atoms with Crippen molar-refractivity contribution in [2.45, 2.75) is 37.2 Å². The molecule has 112 valence electrons. The summed E-state index contributed by atoms with van der Waals surface area (Å²) in [6.07, 6.45) is 0.174. The summed E-state index contributed by atoms with van der Waals surface area (Å²) in [5.74, 6) is 0. The smallest absolute Gasteiger partial charge is 0.223 e. The van der Waals surface area contributed by atoms with Crippen LogP contribution in [0.1, 0.15) is 19.8 Å². The number of hydrogen-bond acceptors (Lipinski definition) is 5. The van der Waals surface area contributed by atoms with Crippen LogP contribution in [0.4, 0.5) is 0 Å². The third-order valence-electron chi connectivity index (χ3n) is 3.29. The predicted octanol–water partition coefficient (Wildman–Crippen LogP) is -0.622. The highest BCUT2D eigenvalue weighted by Crippen LogP contribution is 2.25. The van der Waals surface area contributed by atoms with E-state index in [-0.39, 0.29) is 17.6 Å². The highest BCUT2D eigenvalue weighted by molar-refractivity contribution is 7.92. The summed E-state index contributed by atoms with van der Waals surface area (Å²) in [6.45, 7) is 2.44. The van der Waals surface area contributed by atoms with Gasteiger partial charge in [0, 0.05) is 19.1 Å². The number of likely N-dealkylation sites (N-methyl/N-ethyl adjacent to an activating group) is 1. The van der Waals surface area contributed by atoms with Gasteiger partial charge >= 0.3 is 0 Å². The van der Waals surface area contributed by atoms with Crippen LogP contribution in [0, 0.1) is 0 Å². The summed E-state index contributed by atoms with van der Waals surface area (Å²) < 4.78 is 26.5. The molecule has 1 heterocycles. The number of sulfonamides is 1. The first kappa shape index (κ1) is 16.8. The molecule has 1 aliphatic rings. The van der Waals surface area contributed by atoms with E-state index in [2.05, 4.69) is 0 Å². The van der Waals surface area contributed by atoms with Crippen molar-refractivity contribution >= 4 is 27.2 Å². The Morgan fingerprint density at radius 2 is 2.16 bits per heavy atom. The van der Waals surface area contributed by atoms with E-state index in [0.717, 1.165) is 0 Å². The molecule has 1 rings (SSSR count). The molecule has 0 amide bonds. The maximum Gasteiger partial charge on any atom is 0.223 e. The zero-order chi connectivity index (χ0) is 14.8. The van der Waals surface area contributed by atoms with E-state index in [1.54, 1.807) is 6.92 Å². The lowest BCUT2D eigenvalue weighted by Gasteiger charge is -2.29. The Labute approximate surface area is 120 Å². The van der Waals surface area contributed by atoms with Crippen molar-refractivity contribution in [3.63, 3.8) is 0 Å². The van der Waals surface area contributed by atoms with Gasteiger partial charge in [0.25, 0.3) is 0 Å². The molecule has 1 saturated heterocycles. The maximum atomic E-state index is 12.6. The standard InChI is InChI=1S/C11H23N3O3S2/c1-4-10(11(12)18)19(16,17)14-7-9(15)5-8(14)6-13(2)3/h8-10,15H,4-7H2,1-3H3,(H2,12,18). The molecular formula is C11H23N3O3S2. The second kappa shape index (κ2) is 6.45. The summed E-state index contributed by atoms with van der Waals surface area (Å²) in [7, 11) is 0.153. The van der Waals surface area contributed by atoms with Crippen LogP contribution in [0.15, 0.2) is 0 Å². The van der Waals surface area contributed by atoms with Gasteiger partial charge in [0.1, 0.15) is 5.25 Å². The third kappa shape index (κ3) is 3.85. The monoisotopic (exact) mass is 309 g/mol. The molecule has 0 aliphatic carbocycles. The van der Waals surface area contributed by atoms with Crippen molar-refractivity contribution < 1.29 is 13.5 Å². The lowest BCUT2D eigenvalue weighted by atomic mass is 10.2. The lowest BCUT2D eigenvalue weighted by molar-refractivity contribution is 0.188. The van der Waals surface area contributed by atoms with Gasteiger partial charge in [-0.2, -0.15) is 4.31 Å². The average molecular weight is 309 g/mol. The molecule has 0 radical (unpaired) electrons. The first-order valence-electron chi connectivity index (χ1n) is 6.32. The van der Waals surface area contributed by atoms with Crippen LogP contribution in [0.3, 0.4) is 0 Å².